The molecule has 0 amide bonds. The Bertz CT molecular complexity index is 1390. The maximum Gasteiger partial charge on any atom is 0.429 e. The highest BCUT2D eigenvalue weighted by Gasteiger charge is 2.43. The molecular weight excluding hydrogens is 504 g/mol. The molecule has 0 spiro atoms. The van der Waals surface area contributed by atoms with Crippen LogP contribution in [0, 0.1) is 22.6 Å². The summed E-state index contributed by atoms with van der Waals surface area (Å²) in [5.74, 6) is 4.21. The molecule has 2 aromatic rings. The molecule has 2 atom stereocenters. The van der Waals surface area contributed by atoms with E-state index in [9.17, 15) is 22.8 Å². The van der Waals surface area contributed by atoms with E-state index in [1.54, 1.807) is 13.0 Å². The zero-order chi connectivity index (χ0) is 28.0. The molecule has 3 rings (SSSR count). The van der Waals surface area contributed by atoms with Gasteiger partial charge in [0.25, 0.3) is 0 Å². The van der Waals surface area contributed by atoms with Crippen molar-refractivity contribution in [1.82, 2.24) is 9.88 Å². The summed E-state index contributed by atoms with van der Waals surface area (Å²) in [6.07, 6.45) is -2.21. The Labute approximate surface area is 215 Å². The van der Waals surface area contributed by atoms with Crippen LogP contribution in [-0.4, -0.2) is 59.6 Å². The lowest BCUT2D eigenvalue weighted by atomic mass is 9.91. The first kappa shape index (κ1) is 27.8. The van der Waals surface area contributed by atoms with Crippen molar-refractivity contribution >= 4 is 41.6 Å². The Morgan fingerprint density at radius 3 is 2.63 bits per heavy atom. The van der Waals surface area contributed by atoms with Crippen molar-refractivity contribution in [2.24, 2.45) is 31.7 Å². The minimum Gasteiger partial charge on any atom is -0.382 e. The maximum absolute atomic E-state index is 14.1. The Morgan fingerprint density at radius 1 is 1.37 bits per heavy atom. The Kier molecular flexibility index (Phi) is 8.41. The van der Waals surface area contributed by atoms with Crippen LogP contribution in [0.4, 0.5) is 23.2 Å². The Hall–Kier alpha value is -4.80. The molecule has 2 heterocycles. The van der Waals surface area contributed by atoms with Crippen LogP contribution in [0.3, 0.4) is 0 Å². The maximum atomic E-state index is 14.1. The largest absolute Gasteiger partial charge is 0.429 e. The number of nitrogens with two attached hydrogens (primary N) is 2. The lowest BCUT2D eigenvalue weighted by Crippen LogP contribution is -2.41. The number of halogens is 4. The number of nitrogens with zero attached hydrogens (tertiary/aromatic N) is 6. The monoisotopic (exact) mass is 528 g/mol. The molecule has 1 aromatic carbocycles. The molecule has 38 heavy (non-hydrogen) atoms. The number of hydrogen-bond donors (Lipinski definition) is 4. The van der Waals surface area contributed by atoms with Gasteiger partial charge in [-0.2, -0.15) is 23.5 Å². The van der Waals surface area contributed by atoms with Gasteiger partial charge in [-0.25, -0.2) is 9.38 Å². The number of rotatable bonds is 8. The molecule has 0 saturated carbocycles. The standard InChI is InChI=1S/C24H24F4N10/c1-3-14(18(37-32)10-33-17-7-5-4-6-16(17)25)20-15(8-29)19(21(36-20)22(31)35-12-30)13-9-34-23(24(26,27)28)38(2)11-13/h4-7,9-12,14,23,36H,3,32H2,1-2H3,(H3,30,31,35). The zero-order valence-corrected chi connectivity index (χ0v) is 20.3. The molecule has 6 N–H and O–H groups in total. The molecular formula is C24H24F4N10. The molecule has 198 valence electrons. The molecule has 0 bridgehead atoms. The minimum atomic E-state index is -4.62. The summed E-state index contributed by atoms with van der Waals surface area (Å²) >= 11 is 0. The number of amidine groups is 1. The van der Waals surface area contributed by atoms with Crippen molar-refractivity contribution in [2.45, 2.75) is 31.6 Å². The van der Waals surface area contributed by atoms with Crippen molar-refractivity contribution in [1.29, 1.82) is 10.7 Å². The third-order valence-electron chi connectivity index (χ3n) is 5.72. The van der Waals surface area contributed by atoms with E-state index in [0.717, 1.165) is 11.1 Å². The van der Waals surface area contributed by atoms with Crippen LogP contribution in [0.25, 0.3) is 5.57 Å². The van der Waals surface area contributed by atoms with E-state index < -0.39 is 24.1 Å². The lowest BCUT2D eigenvalue weighted by Gasteiger charge is -2.29. The molecule has 0 saturated heterocycles. The molecule has 1 aliphatic rings. The first-order chi connectivity index (χ1) is 18.1. The first-order valence-electron chi connectivity index (χ1n) is 11.2. The molecule has 2 unspecified atom stereocenters. The summed E-state index contributed by atoms with van der Waals surface area (Å²) in [7, 11) is 1.20. The molecule has 0 fully saturated rings. The number of para-hydroxylation sites is 1. The van der Waals surface area contributed by atoms with Crippen molar-refractivity contribution in [3.8, 4) is 6.07 Å². The van der Waals surface area contributed by atoms with Crippen molar-refractivity contribution < 1.29 is 17.6 Å². The number of alkyl halides is 3. The molecule has 14 heteroatoms. The second-order valence-corrected chi connectivity index (χ2v) is 8.09. The summed E-state index contributed by atoms with van der Waals surface area (Å²) < 4.78 is 54.0. The van der Waals surface area contributed by atoms with Gasteiger partial charge in [0.15, 0.2) is 0 Å². The Balaban J connectivity index is 2.17. The van der Waals surface area contributed by atoms with E-state index in [2.05, 4.69) is 31.1 Å². The third kappa shape index (κ3) is 5.61. The van der Waals surface area contributed by atoms with E-state index in [1.807, 2.05) is 0 Å². The number of aromatic nitrogens is 1. The van der Waals surface area contributed by atoms with Gasteiger partial charge in [0.1, 0.15) is 24.1 Å². The van der Waals surface area contributed by atoms with Gasteiger partial charge in [0.2, 0.25) is 6.17 Å². The van der Waals surface area contributed by atoms with Crippen LogP contribution < -0.4 is 11.6 Å². The summed E-state index contributed by atoms with van der Waals surface area (Å²) in [5.41, 5.74) is 7.00. The van der Waals surface area contributed by atoms with Gasteiger partial charge in [0, 0.05) is 42.2 Å². The number of hydrazone groups is 1. The highest BCUT2D eigenvalue weighted by molar-refractivity contribution is 6.33. The molecule has 10 nitrogen and oxygen atoms in total. The van der Waals surface area contributed by atoms with E-state index >= 15 is 0 Å². The predicted octanol–water partition coefficient (Wildman–Crippen LogP) is 3.79. The fourth-order valence-electron chi connectivity index (χ4n) is 4.00. The third-order valence-corrected chi connectivity index (χ3v) is 5.72. The predicted molar refractivity (Wildman–Crippen MR) is 138 cm³/mol. The van der Waals surface area contributed by atoms with Crippen molar-refractivity contribution in [3.05, 3.63) is 58.8 Å². The number of aromatic amines is 1. The van der Waals surface area contributed by atoms with Crippen LogP contribution in [-0.2, 0) is 0 Å². The average molecular weight is 529 g/mol. The highest BCUT2D eigenvalue weighted by Crippen LogP contribution is 2.35. The van der Waals surface area contributed by atoms with Gasteiger partial charge in [-0.3, -0.25) is 15.4 Å². The topological polar surface area (TPSA) is 168 Å². The number of nitrogens with one attached hydrogen (secondary N) is 2. The normalized spacial score (nSPS) is 17.4. The smallest absolute Gasteiger partial charge is 0.382 e. The summed E-state index contributed by atoms with van der Waals surface area (Å²) in [6, 6.07) is 7.89. The SMILES string of the molecule is CCC(C(C=Nc1ccccc1F)=NN)c1[nH]c(C(N)=NC=N)c(C2=CN(C)C(C(F)(F)F)N=C2)c1C#N. The van der Waals surface area contributed by atoms with Gasteiger partial charge in [-0.05, 0) is 18.6 Å². The minimum absolute atomic E-state index is 0.0342. The average Bonchev–Trinajstić information content (AvgIpc) is 3.26. The number of aliphatic imine (C=N–C) groups is 3. The highest BCUT2D eigenvalue weighted by atomic mass is 19.4. The zero-order valence-electron chi connectivity index (χ0n) is 20.3. The summed E-state index contributed by atoms with van der Waals surface area (Å²) in [4.78, 5) is 15.4. The van der Waals surface area contributed by atoms with Gasteiger partial charge in [0.05, 0.1) is 28.9 Å². The number of allylic oxidation sites excluding steroid dienone is 1. The molecule has 1 aliphatic heterocycles. The molecule has 1 aromatic heterocycles. The van der Waals surface area contributed by atoms with Crippen LogP contribution in [0.5, 0.6) is 0 Å². The van der Waals surface area contributed by atoms with E-state index in [-0.39, 0.29) is 45.3 Å². The van der Waals surface area contributed by atoms with E-state index in [1.165, 1.54) is 37.7 Å². The number of benzene rings is 1. The molecule has 0 aliphatic carbocycles. The van der Waals surface area contributed by atoms with Crippen molar-refractivity contribution in [3.63, 3.8) is 0 Å². The van der Waals surface area contributed by atoms with Gasteiger partial charge in [-0.1, -0.05) is 19.1 Å². The van der Waals surface area contributed by atoms with Gasteiger partial charge < -0.3 is 21.5 Å². The second-order valence-electron chi connectivity index (χ2n) is 8.09. The van der Waals surface area contributed by atoms with E-state index in [0.29, 0.717) is 12.8 Å². The first-order valence-corrected chi connectivity index (χ1v) is 11.2. The van der Waals surface area contributed by atoms with Crippen LogP contribution >= 0.6 is 0 Å². The Morgan fingerprint density at radius 2 is 2.08 bits per heavy atom. The summed E-state index contributed by atoms with van der Waals surface area (Å²) in [6.45, 7) is 1.78. The van der Waals surface area contributed by atoms with Gasteiger partial charge >= 0.3 is 6.18 Å². The fraction of sp³-hybridized carbons (Fsp3) is 0.250. The quantitative estimate of drug-likeness (QED) is 0.134. The fourth-order valence-corrected chi connectivity index (χ4v) is 4.00. The number of hydrogen-bond acceptors (Lipinski definition) is 7. The lowest BCUT2D eigenvalue weighted by molar-refractivity contribution is -0.171. The van der Waals surface area contributed by atoms with Crippen LogP contribution in [0.2, 0.25) is 0 Å². The van der Waals surface area contributed by atoms with Crippen molar-refractivity contribution in [2.75, 3.05) is 7.05 Å². The van der Waals surface area contributed by atoms with Crippen LogP contribution in [0.1, 0.15) is 41.8 Å². The summed E-state index contributed by atoms with van der Waals surface area (Å²) in [5, 5.41) is 21.2. The van der Waals surface area contributed by atoms with E-state index in [4.69, 9.17) is 17.0 Å². The van der Waals surface area contributed by atoms with Crippen LogP contribution in [0.15, 0.2) is 50.5 Å². The molecule has 0 radical (unpaired) electrons. The van der Waals surface area contributed by atoms with Gasteiger partial charge in [-0.15, -0.1) is 0 Å². The number of nitriles is 1. The number of H-pyrrole nitrogens is 1. The second kappa shape index (κ2) is 11.5.